The molecule has 1 aromatic carbocycles. The van der Waals surface area contributed by atoms with Crippen molar-refractivity contribution < 1.29 is 9.53 Å². The first-order valence-electron chi connectivity index (χ1n) is 8.78. The van der Waals surface area contributed by atoms with Crippen molar-refractivity contribution in [1.29, 1.82) is 0 Å². The highest BCUT2D eigenvalue weighted by Crippen LogP contribution is 2.37. The molecule has 0 bridgehead atoms. The average molecular weight is 390 g/mol. The Hall–Kier alpha value is -1.01. The largest absolute Gasteiger partial charge is 0.482 e. The molecule has 0 aliphatic carbocycles. The summed E-state index contributed by atoms with van der Waals surface area (Å²) < 4.78 is 5.69. The molecule has 0 aromatic heterocycles. The first kappa shape index (κ1) is 22.0. The number of nitrogens with two attached hydrogens (primary N) is 1. The van der Waals surface area contributed by atoms with Gasteiger partial charge in [-0.3, -0.25) is 4.79 Å². The van der Waals surface area contributed by atoms with Gasteiger partial charge in [-0.1, -0.05) is 37.0 Å². The summed E-state index contributed by atoms with van der Waals surface area (Å²) in [6.07, 6.45) is 2.74. The zero-order valence-electron chi connectivity index (χ0n) is 15.0. The molecule has 1 rings (SSSR count). The summed E-state index contributed by atoms with van der Waals surface area (Å²) in [5, 5.41) is 7.10. The van der Waals surface area contributed by atoms with Gasteiger partial charge in [0, 0.05) is 11.6 Å². The van der Waals surface area contributed by atoms with Crippen molar-refractivity contribution in [3.8, 4) is 5.75 Å². The average Bonchev–Trinajstić information content (AvgIpc) is 2.58. The second-order valence-electron chi connectivity index (χ2n) is 6.00. The monoisotopic (exact) mass is 389 g/mol. The lowest BCUT2D eigenvalue weighted by atomic mass is 9.98. The molecule has 0 saturated carbocycles. The summed E-state index contributed by atoms with van der Waals surface area (Å²) in [4.78, 5) is 11.9. The van der Waals surface area contributed by atoms with Crippen LogP contribution in [0.1, 0.15) is 44.6 Å². The molecule has 0 saturated heterocycles. The summed E-state index contributed by atoms with van der Waals surface area (Å²) in [5.74, 6) is 0.621. The van der Waals surface area contributed by atoms with E-state index in [9.17, 15) is 4.79 Å². The third-order valence-corrected chi connectivity index (χ3v) is 4.44. The van der Waals surface area contributed by atoms with Crippen molar-refractivity contribution in [1.82, 2.24) is 10.6 Å². The van der Waals surface area contributed by atoms with Crippen LogP contribution in [0.3, 0.4) is 0 Å². The summed E-state index contributed by atoms with van der Waals surface area (Å²) >= 11 is 12.3. The SMILES string of the molecule is CCC(C)c1cc(Cl)cc(Cl)c1OCC(=O)NCCCNCCCN. The standard InChI is InChI=1S/C18H29Cl2N3O2/c1-3-13(2)15-10-14(19)11-16(20)18(15)25-12-17(24)23-9-5-8-22-7-4-6-21/h10-11,13,22H,3-9,12,21H2,1-2H3,(H,23,24). The molecule has 1 unspecified atom stereocenters. The summed E-state index contributed by atoms with van der Waals surface area (Å²) in [6, 6.07) is 3.48. The Balaban J connectivity index is 2.43. The number of hydrogen-bond donors (Lipinski definition) is 3. The summed E-state index contributed by atoms with van der Waals surface area (Å²) in [5.41, 5.74) is 6.35. The molecule has 4 N–H and O–H groups in total. The highest BCUT2D eigenvalue weighted by Gasteiger charge is 2.16. The second-order valence-corrected chi connectivity index (χ2v) is 6.84. The number of rotatable bonds is 12. The van der Waals surface area contributed by atoms with Gasteiger partial charge in [0.15, 0.2) is 6.61 Å². The maximum absolute atomic E-state index is 11.9. The zero-order chi connectivity index (χ0) is 18.7. The van der Waals surface area contributed by atoms with E-state index in [-0.39, 0.29) is 18.4 Å². The van der Waals surface area contributed by atoms with E-state index >= 15 is 0 Å². The van der Waals surface area contributed by atoms with E-state index in [0.717, 1.165) is 37.9 Å². The first-order chi connectivity index (χ1) is 12.0. The minimum Gasteiger partial charge on any atom is -0.482 e. The van der Waals surface area contributed by atoms with Gasteiger partial charge in [0.2, 0.25) is 0 Å². The van der Waals surface area contributed by atoms with E-state index in [4.69, 9.17) is 33.7 Å². The molecule has 0 radical (unpaired) electrons. The van der Waals surface area contributed by atoms with Gasteiger partial charge in [-0.05, 0) is 62.5 Å². The molecule has 25 heavy (non-hydrogen) atoms. The lowest BCUT2D eigenvalue weighted by Crippen LogP contribution is -2.31. The maximum Gasteiger partial charge on any atom is 0.257 e. The molecule has 0 aliphatic rings. The molecule has 0 fully saturated rings. The number of carbonyl (C=O) groups excluding carboxylic acids is 1. The van der Waals surface area contributed by atoms with Crippen molar-refractivity contribution in [2.45, 2.75) is 39.0 Å². The van der Waals surface area contributed by atoms with Gasteiger partial charge in [0.1, 0.15) is 5.75 Å². The third kappa shape index (κ3) is 8.27. The van der Waals surface area contributed by atoms with Gasteiger partial charge < -0.3 is 21.1 Å². The van der Waals surface area contributed by atoms with E-state index < -0.39 is 0 Å². The molecule has 0 aliphatic heterocycles. The fourth-order valence-electron chi connectivity index (χ4n) is 2.30. The Kier molecular flexibility index (Phi) is 10.9. The van der Waals surface area contributed by atoms with E-state index in [1.54, 1.807) is 6.07 Å². The van der Waals surface area contributed by atoms with Crippen LogP contribution in [0.25, 0.3) is 0 Å². The van der Waals surface area contributed by atoms with Gasteiger partial charge in [-0.25, -0.2) is 0 Å². The summed E-state index contributed by atoms with van der Waals surface area (Å²) in [6.45, 7) is 7.14. The van der Waals surface area contributed by atoms with Crippen LogP contribution in [0.5, 0.6) is 5.75 Å². The van der Waals surface area contributed by atoms with Gasteiger partial charge in [-0.2, -0.15) is 0 Å². The molecule has 1 aromatic rings. The molecular formula is C18H29Cl2N3O2. The third-order valence-electron chi connectivity index (χ3n) is 3.94. The second kappa shape index (κ2) is 12.4. The van der Waals surface area contributed by atoms with Crippen LogP contribution in [-0.2, 0) is 4.79 Å². The normalized spacial score (nSPS) is 12.0. The quantitative estimate of drug-likeness (QED) is 0.479. The predicted octanol–water partition coefficient (Wildman–Crippen LogP) is 3.33. The Morgan fingerprint density at radius 1 is 1.24 bits per heavy atom. The van der Waals surface area contributed by atoms with Gasteiger partial charge in [-0.15, -0.1) is 0 Å². The van der Waals surface area contributed by atoms with Crippen LogP contribution in [0.15, 0.2) is 12.1 Å². The van der Waals surface area contributed by atoms with Crippen molar-refractivity contribution in [2.75, 3.05) is 32.8 Å². The Morgan fingerprint density at radius 3 is 2.64 bits per heavy atom. The van der Waals surface area contributed by atoms with E-state index in [2.05, 4.69) is 24.5 Å². The predicted molar refractivity (Wildman–Crippen MR) is 105 cm³/mol. The van der Waals surface area contributed by atoms with Crippen molar-refractivity contribution >= 4 is 29.1 Å². The number of hydrogen-bond acceptors (Lipinski definition) is 4. The van der Waals surface area contributed by atoms with Crippen molar-refractivity contribution in [3.05, 3.63) is 27.7 Å². The van der Waals surface area contributed by atoms with Crippen LogP contribution in [0.2, 0.25) is 10.0 Å². The molecule has 1 atom stereocenters. The van der Waals surface area contributed by atoms with Crippen LogP contribution in [0.4, 0.5) is 0 Å². The number of amides is 1. The lowest BCUT2D eigenvalue weighted by molar-refractivity contribution is -0.123. The van der Waals surface area contributed by atoms with Gasteiger partial charge in [0.25, 0.3) is 5.91 Å². The first-order valence-corrected chi connectivity index (χ1v) is 9.54. The fourth-order valence-corrected chi connectivity index (χ4v) is 2.86. The highest BCUT2D eigenvalue weighted by molar-refractivity contribution is 6.35. The topological polar surface area (TPSA) is 76.4 Å². The van der Waals surface area contributed by atoms with E-state index in [1.165, 1.54) is 0 Å². The molecule has 0 heterocycles. The number of halogens is 2. The lowest BCUT2D eigenvalue weighted by Gasteiger charge is -2.17. The fraction of sp³-hybridized carbons (Fsp3) is 0.611. The molecular weight excluding hydrogens is 361 g/mol. The van der Waals surface area contributed by atoms with Crippen LogP contribution < -0.4 is 21.1 Å². The van der Waals surface area contributed by atoms with E-state index in [0.29, 0.717) is 28.9 Å². The molecule has 7 heteroatoms. The minimum absolute atomic E-state index is 0.0641. The highest BCUT2D eigenvalue weighted by atomic mass is 35.5. The smallest absolute Gasteiger partial charge is 0.257 e. The number of ether oxygens (including phenoxy) is 1. The molecule has 142 valence electrons. The summed E-state index contributed by atoms with van der Waals surface area (Å²) in [7, 11) is 0. The maximum atomic E-state index is 11.9. The van der Waals surface area contributed by atoms with Gasteiger partial charge >= 0.3 is 0 Å². The Labute approximate surface area is 160 Å². The van der Waals surface area contributed by atoms with Gasteiger partial charge in [0.05, 0.1) is 5.02 Å². The van der Waals surface area contributed by atoms with Crippen LogP contribution in [-0.4, -0.2) is 38.7 Å². The molecule has 5 nitrogen and oxygen atoms in total. The van der Waals surface area contributed by atoms with Crippen molar-refractivity contribution in [2.24, 2.45) is 5.73 Å². The molecule has 0 spiro atoms. The Bertz CT molecular complexity index is 541. The number of nitrogens with one attached hydrogen (secondary N) is 2. The minimum atomic E-state index is -0.164. The molecule has 1 amide bonds. The zero-order valence-corrected chi connectivity index (χ0v) is 16.6. The van der Waals surface area contributed by atoms with Crippen LogP contribution in [0, 0.1) is 0 Å². The van der Waals surface area contributed by atoms with Crippen molar-refractivity contribution in [3.63, 3.8) is 0 Å². The van der Waals surface area contributed by atoms with E-state index in [1.807, 2.05) is 6.07 Å². The Morgan fingerprint density at radius 2 is 1.96 bits per heavy atom. The number of benzene rings is 1. The van der Waals surface area contributed by atoms with Crippen LogP contribution >= 0.6 is 23.2 Å². The number of carbonyl (C=O) groups is 1.